The molecule has 0 fully saturated rings. The first-order chi connectivity index (χ1) is 10.2. The summed E-state index contributed by atoms with van der Waals surface area (Å²) in [6.45, 7) is 8.23. The van der Waals surface area contributed by atoms with E-state index in [1.807, 2.05) is 6.07 Å². The smallest absolute Gasteiger partial charge is 0.161 e. The molecule has 3 heteroatoms. The number of ether oxygens (including phenoxy) is 2. The van der Waals surface area contributed by atoms with Crippen LogP contribution in [0.3, 0.4) is 0 Å². The second-order valence-electron chi connectivity index (χ2n) is 5.45. The van der Waals surface area contributed by atoms with Crippen molar-refractivity contribution in [1.29, 1.82) is 0 Å². The number of unbranched alkanes of at least 4 members (excludes halogenated alkanes) is 4. The van der Waals surface area contributed by atoms with Crippen LogP contribution in [0, 0.1) is 0 Å². The van der Waals surface area contributed by atoms with E-state index in [4.69, 9.17) is 9.47 Å². The van der Waals surface area contributed by atoms with Gasteiger partial charge in [-0.2, -0.15) is 0 Å². The standard InChI is InChI=1S/C18H31NO2/c1-5-7-8-9-10-13-21-17-12-11-16(14-18(17)20-4)15(3)19-6-2/h11-12,14-15,19H,5-10,13H2,1-4H3. The molecule has 0 bridgehead atoms. The molecule has 1 aromatic carbocycles. The third kappa shape index (κ3) is 6.38. The van der Waals surface area contributed by atoms with Gasteiger partial charge in [-0.25, -0.2) is 0 Å². The Hall–Kier alpha value is -1.22. The average molecular weight is 293 g/mol. The van der Waals surface area contributed by atoms with Crippen molar-refractivity contribution in [2.24, 2.45) is 0 Å². The normalized spacial score (nSPS) is 12.2. The molecular weight excluding hydrogens is 262 g/mol. The van der Waals surface area contributed by atoms with Crippen LogP contribution in [0.25, 0.3) is 0 Å². The molecule has 0 aliphatic carbocycles. The number of hydrogen-bond donors (Lipinski definition) is 1. The highest BCUT2D eigenvalue weighted by molar-refractivity contribution is 5.43. The Morgan fingerprint density at radius 2 is 1.81 bits per heavy atom. The van der Waals surface area contributed by atoms with Gasteiger partial charge in [0.15, 0.2) is 11.5 Å². The highest BCUT2D eigenvalue weighted by Gasteiger charge is 2.09. The predicted octanol–water partition coefficient (Wildman–Crippen LogP) is 4.71. The number of methoxy groups -OCH3 is 1. The topological polar surface area (TPSA) is 30.5 Å². The van der Waals surface area contributed by atoms with Gasteiger partial charge in [0.25, 0.3) is 0 Å². The van der Waals surface area contributed by atoms with Crippen molar-refractivity contribution in [2.75, 3.05) is 20.3 Å². The van der Waals surface area contributed by atoms with Crippen molar-refractivity contribution in [3.05, 3.63) is 23.8 Å². The van der Waals surface area contributed by atoms with E-state index in [1.165, 1.54) is 31.2 Å². The van der Waals surface area contributed by atoms with Crippen molar-refractivity contribution in [3.8, 4) is 11.5 Å². The van der Waals surface area contributed by atoms with Crippen LogP contribution in [0.5, 0.6) is 11.5 Å². The van der Waals surface area contributed by atoms with Crippen molar-refractivity contribution >= 4 is 0 Å². The van der Waals surface area contributed by atoms with Gasteiger partial charge in [-0.05, 0) is 37.6 Å². The molecule has 1 aromatic rings. The fourth-order valence-corrected chi connectivity index (χ4v) is 2.38. The molecule has 0 heterocycles. The number of nitrogens with one attached hydrogen (secondary N) is 1. The van der Waals surface area contributed by atoms with Crippen LogP contribution >= 0.6 is 0 Å². The van der Waals surface area contributed by atoms with Crippen LogP contribution in [0.4, 0.5) is 0 Å². The molecule has 0 spiro atoms. The third-order valence-corrected chi connectivity index (χ3v) is 3.70. The fourth-order valence-electron chi connectivity index (χ4n) is 2.38. The zero-order chi connectivity index (χ0) is 15.5. The summed E-state index contributed by atoms with van der Waals surface area (Å²) in [6.07, 6.45) is 6.25. The molecule has 1 N–H and O–H groups in total. The Labute approximate surface area is 130 Å². The second-order valence-corrected chi connectivity index (χ2v) is 5.45. The fraction of sp³-hybridized carbons (Fsp3) is 0.667. The summed E-state index contributed by atoms with van der Waals surface area (Å²) in [5.41, 5.74) is 1.23. The van der Waals surface area contributed by atoms with Crippen LogP contribution in [0.2, 0.25) is 0 Å². The van der Waals surface area contributed by atoms with Gasteiger partial charge in [0.05, 0.1) is 13.7 Å². The first-order valence-electron chi connectivity index (χ1n) is 8.27. The van der Waals surface area contributed by atoms with Gasteiger partial charge in [0.1, 0.15) is 0 Å². The Bertz CT molecular complexity index is 393. The maximum atomic E-state index is 5.86. The van der Waals surface area contributed by atoms with E-state index >= 15 is 0 Å². The highest BCUT2D eigenvalue weighted by atomic mass is 16.5. The minimum absolute atomic E-state index is 0.326. The molecule has 1 unspecified atom stereocenters. The molecule has 120 valence electrons. The van der Waals surface area contributed by atoms with E-state index in [0.717, 1.165) is 31.1 Å². The summed E-state index contributed by atoms with van der Waals surface area (Å²) in [7, 11) is 1.70. The van der Waals surface area contributed by atoms with Gasteiger partial charge in [0.2, 0.25) is 0 Å². The van der Waals surface area contributed by atoms with Crippen molar-refractivity contribution < 1.29 is 9.47 Å². The third-order valence-electron chi connectivity index (χ3n) is 3.70. The summed E-state index contributed by atoms with van der Waals surface area (Å²) in [5.74, 6) is 1.67. The number of benzene rings is 1. The van der Waals surface area contributed by atoms with Crippen molar-refractivity contribution in [3.63, 3.8) is 0 Å². The lowest BCUT2D eigenvalue weighted by Gasteiger charge is -2.16. The summed E-state index contributed by atoms with van der Waals surface area (Å²) in [4.78, 5) is 0. The minimum Gasteiger partial charge on any atom is -0.493 e. The SMILES string of the molecule is CCCCCCCOc1ccc(C(C)NCC)cc1OC. The van der Waals surface area contributed by atoms with Crippen molar-refractivity contribution in [1.82, 2.24) is 5.32 Å². The lowest BCUT2D eigenvalue weighted by Crippen LogP contribution is -2.17. The van der Waals surface area contributed by atoms with E-state index < -0.39 is 0 Å². The van der Waals surface area contributed by atoms with Gasteiger partial charge in [0, 0.05) is 6.04 Å². The van der Waals surface area contributed by atoms with Crippen molar-refractivity contribution in [2.45, 2.75) is 58.9 Å². The molecule has 0 radical (unpaired) electrons. The van der Waals surface area contributed by atoms with Gasteiger partial charge >= 0.3 is 0 Å². The summed E-state index contributed by atoms with van der Waals surface area (Å²) < 4.78 is 11.3. The molecule has 21 heavy (non-hydrogen) atoms. The molecule has 1 rings (SSSR count). The quantitative estimate of drug-likeness (QED) is 0.599. The molecule has 0 saturated carbocycles. The van der Waals surface area contributed by atoms with Gasteiger partial charge in [-0.15, -0.1) is 0 Å². The van der Waals surface area contributed by atoms with Crippen LogP contribution in [0.15, 0.2) is 18.2 Å². The highest BCUT2D eigenvalue weighted by Crippen LogP contribution is 2.30. The molecule has 0 aromatic heterocycles. The zero-order valence-corrected chi connectivity index (χ0v) is 14.1. The molecule has 0 amide bonds. The first kappa shape index (κ1) is 17.8. The minimum atomic E-state index is 0.326. The Morgan fingerprint density at radius 3 is 2.48 bits per heavy atom. The van der Waals surface area contributed by atoms with E-state index in [2.05, 4.69) is 38.2 Å². The second kappa shape index (κ2) is 10.5. The summed E-state index contributed by atoms with van der Waals surface area (Å²) in [5, 5.41) is 3.41. The lowest BCUT2D eigenvalue weighted by molar-refractivity contribution is 0.284. The monoisotopic (exact) mass is 293 g/mol. The van der Waals surface area contributed by atoms with Gasteiger partial charge < -0.3 is 14.8 Å². The maximum Gasteiger partial charge on any atom is 0.161 e. The molecule has 0 aliphatic rings. The Morgan fingerprint density at radius 1 is 1.05 bits per heavy atom. The molecular formula is C18H31NO2. The van der Waals surface area contributed by atoms with Crippen LogP contribution in [-0.4, -0.2) is 20.3 Å². The summed E-state index contributed by atoms with van der Waals surface area (Å²) >= 11 is 0. The predicted molar refractivity (Wildman–Crippen MR) is 89.3 cm³/mol. The number of rotatable bonds is 11. The Balaban J connectivity index is 2.50. The maximum absolute atomic E-state index is 5.86. The van der Waals surface area contributed by atoms with E-state index in [-0.39, 0.29) is 0 Å². The molecule has 3 nitrogen and oxygen atoms in total. The van der Waals surface area contributed by atoms with Crippen LogP contribution in [0.1, 0.15) is 64.5 Å². The largest absolute Gasteiger partial charge is 0.493 e. The molecule has 0 aliphatic heterocycles. The molecule has 0 saturated heterocycles. The van der Waals surface area contributed by atoms with E-state index in [0.29, 0.717) is 6.04 Å². The van der Waals surface area contributed by atoms with Gasteiger partial charge in [-0.1, -0.05) is 45.6 Å². The van der Waals surface area contributed by atoms with E-state index in [9.17, 15) is 0 Å². The average Bonchev–Trinajstić information content (AvgIpc) is 2.51. The zero-order valence-electron chi connectivity index (χ0n) is 14.1. The summed E-state index contributed by atoms with van der Waals surface area (Å²) in [6, 6.07) is 6.53. The van der Waals surface area contributed by atoms with Crippen LogP contribution < -0.4 is 14.8 Å². The van der Waals surface area contributed by atoms with Gasteiger partial charge in [-0.3, -0.25) is 0 Å². The first-order valence-corrected chi connectivity index (χ1v) is 8.27. The molecule has 1 atom stereocenters. The van der Waals surface area contributed by atoms with Crippen LogP contribution in [-0.2, 0) is 0 Å². The lowest BCUT2D eigenvalue weighted by atomic mass is 10.1. The number of hydrogen-bond acceptors (Lipinski definition) is 3. The van der Waals surface area contributed by atoms with E-state index in [1.54, 1.807) is 7.11 Å². The Kier molecular flexibility index (Phi) is 8.91.